The number of esters is 1. The van der Waals surface area contributed by atoms with Gasteiger partial charge in [-0.3, -0.25) is 4.79 Å². The molecular weight excluding hydrogens is 266 g/mol. The fourth-order valence-corrected chi connectivity index (χ4v) is 1.33. The molecule has 4 nitrogen and oxygen atoms in total. The minimum atomic E-state index is -0.666. The van der Waals surface area contributed by atoms with Gasteiger partial charge in [0, 0.05) is 12.0 Å². The Balaban J connectivity index is 2.88. The molecule has 0 atom stereocenters. The van der Waals surface area contributed by atoms with Gasteiger partial charge in [0.2, 0.25) is 5.91 Å². The third-order valence-corrected chi connectivity index (χ3v) is 2.11. The number of hydrogen-bond acceptors (Lipinski definition) is 3. The normalized spacial score (nSPS) is 10.7. The highest BCUT2D eigenvalue weighted by atomic mass is 35.5. The molecule has 1 aromatic rings. The summed E-state index contributed by atoms with van der Waals surface area (Å²) in [6.45, 7) is 4.62. The molecule has 1 N–H and O–H groups in total. The van der Waals surface area contributed by atoms with Crippen LogP contribution in [0.2, 0.25) is 0 Å². The number of halogens is 1. The van der Waals surface area contributed by atoms with E-state index < -0.39 is 5.97 Å². The average Bonchev–Trinajstić information content (AvgIpc) is 2.36. The van der Waals surface area contributed by atoms with E-state index in [0.717, 1.165) is 5.56 Å². The van der Waals surface area contributed by atoms with Crippen LogP contribution in [0.5, 0.6) is 0 Å². The third kappa shape index (κ3) is 5.88. The fraction of sp³-hybridized carbons (Fsp3) is 0.143. The summed E-state index contributed by atoms with van der Waals surface area (Å²) in [5.41, 5.74) is 0.824. The van der Waals surface area contributed by atoms with Gasteiger partial charge in [-0.2, -0.15) is 0 Å². The Morgan fingerprint density at radius 3 is 2.53 bits per heavy atom. The molecule has 0 heterocycles. The van der Waals surface area contributed by atoms with E-state index in [1.165, 1.54) is 13.0 Å². The predicted octanol–water partition coefficient (Wildman–Crippen LogP) is 2.46. The Kier molecular flexibility index (Phi) is 5.82. The van der Waals surface area contributed by atoms with E-state index >= 15 is 0 Å². The number of nitrogens with one attached hydrogen (secondary N) is 1. The van der Waals surface area contributed by atoms with Gasteiger partial charge in [-0.25, -0.2) is 4.79 Å². The number of hydrogen-bond donors (Lipinski definition) is 1. The zero-order valence-electron chi connectivity index (χ0n) is 10.5. The molecule has 0 saturated heterocycles. The van der Waals surface area contributed by atoms with Crippen LogP contribution in [-0.2, 0) is 14.3 Å². The van der Waals surface area contributed by atoms with E-state index in [9.17, 15) is 9.59 Å². The Bertz CT molecular complexity index is 509. The third-order valence-electron chi connectivity index (χ3n) is 2.00. The molecule has 5 heteroatoms. The second-order valence-corrected chi connectivity index (χ2v) is 4.28. The van der Waals surface area contributed by atoms with Gasteiger partial charge in [0.05, 0.1) is 0 Å². The van der Waals surface area contributed by atoms with E-state index in [0.29, 0.717) is 0 Å². The lowest BCUT2D eigenvalue weighted by Crippen LogP contribution is -2.26. The number of carbonyl (C=O) groups excluding carboxylic acids is 2. The molecule has 1 rings (SSSR count). The van der Waals surface area contributed by atoms with Crippen molar-refractivity contribution in [2.75, 3.05) is 6.61 Å². The van der Waals surface area contributed by atoms with Gasteiger partial charge in [-0.15, -0.1) is 0 Å². The van der Waals surface area contributed by atoms with Crippen molar-refractivity contribution in [3.63, 3.8) is 0 Å². The standard InChI is InChI=1S/C14H14ClNO3/c1-10(15)9-19-14(18)13(16-11(2)17)8-12-6-4-3-5-7-12/h3-8H,1,9H2,2H3,(H,16,17)/b13-8-. The Labute approximate surface area is 116 Å². The van der Waals surface area contributed by atoms with Crippen molar-refractivity contribution in [2.24, 2.45) is 0 Å². The van der Waals surface area contributed by atoms with Gasteiger partial charge >= 0.3 is 5.97 Å². The van der Waals surface area contributed by atoms with Crippen LogP contribution >= 0.6 is 11.6 Å². The molecular formula is C14H14ClNO3. The van der Waals surface area contributed by atoms with Crippen molar-refractivity contribution in [1.29, 1.82) is 0 Å². The van der Waals surface area contributed by atoms with E-state index in [1.54, 1.807) is 12.1 Å². The molecule has 0 aliphatic heterocycles. The van der Waals surface area contributed by atoms with Crippen molar-refractivity contribution in [3.8, 4) is 0 Å². The van der Waals surface area contributed by atoms with Crippen molar-refractivity contribution >= 4 is 29.6 Å². The van der Waals surface area contributed by atoms with Gasteiger partial charge in [0.1, 0.15) is 12.3 Å². The van der Waals surface area contributed by atoms with Gasteiger partial charge < -0.3 is 10.1 Å². The maximum Gasteiger partial charge on any atom is 0.355 e. The smallest absolute Gasteiger partial charge is 0.355 e. The first-order valence-corrected chi connectivity index (χ1v) is 5.91. The van der Waals surface area contributed by atoms with E-state index in [1.807, 2.05) is 18.2 Å². The molecule has 19 heavy (non-hydrogen) atoms. The molecule has 0 aliphatic carbocycles. The van der Waals surface area contributed by atoms with Crippen molar-refractivity contribution < 1.29 is 14.3 Å². The summed E-state index contributed by atoms with van der Waals surface area (Å²) < 4.78 is 4.89. The second kappa shape index (κ2) is 7.38. The lowest BCUT2D eigenvalue weighted by Gasteiger charge is -2.08. The Hall–Kier alpha value is -2.07. The van der Waals surface area contributed by atoms with E-state index in [2.05, 4.69) is 11.9 Å². The topological polar surface area (TPSA) is 55.4 Å². The lowest BCUT2D eigenvalue weighted by atomic mass is 10.2. The SMILES string of the molecule is C=C(Cl)COC(=O)/C(=C/c1ccccc1)NC(C)=O. The van der Waals surface area contributed by atoms with Crippen LogP contribution < -0.4 is 5.32 Å². The van der Waals surface area contributed by atoms with E-state index in [4.69, 9.17) is 16.3 Å². The number of carbonyl (C=O) groups is 2. The van der Waals surface area contributed by atoms with Gasteiger partial charge in [-0.1, -0.05) is 48.5 Å². The molecule has 0 bridgehead atoms. The van der Waals surface area contributed by atoms with Gasteiger partial charge in [0.15, 0.2) is 0 Å². The summed E-state index contributed by atoms with van der Waals surface area (Å²) in [5.74, 6) is -1.02. The highest BCUT2D eigenvalue weighted by Gasteiger charge is 2.12. The molecule has 1 amide bonds. The molecule has 0 saturated carbocycles. The molecule has 0 aromatic heterocycles. The maximum absolute atomic E-state index is 11.8. The molecule has 100 valence electrons. The van der Waals surface area contributed by atoms with Gasteiger partial charge in [-0.05, 0) is 11.6 Å². The first-order chi connectivity index (χ1) is 8.99. The largest absolute Gasteiger partial charge is 0.455 e. The van der Waals surface area contributed by atoms with Crippen molar-refractivity contribution in [1.82, 2.24) is 5.32 Å². The predicted molar refractivity (Wildman–Crippen MR) is 74.2 cm³/mol. The first-order valence-electron chi connectivity index (χ1n) is 5.54. The Morgan fingerprint density at radius 2 is 2.00 bits per heavy atom. The highest BCUT2D eigenvalue weighted by molar-refractivity contribution is 6.29. The number of amides is 1. The zero-order chi connectivity index (χ0) is 14.3. The number of benzene rings is 1. The lowest BCUT2D eigenvalue weighted by molar-refractivity contribution is -0.139. The molecule has 0 fully saturated rings. The summed E-state index contributed by atoms with van der Waals surface area (Å²) in [6.07, 6.45) is 1.53. The summed E-state index contributed by atoms with van der Waals surface area (Å²) in [7, 11) is 0. The van der Waals surface area contributed by atoms with Crippen LogP contribution in [-0.4, -0.2) is 18.5 Å². The number of ether oxygens (including phenoxy) is 1. The minimum Gasteiger partial charge on any atom is -0.455 e. The second-order valence-electron chi connectivity index (χ2n) is 3.74. The van der Waals surface area contributed by atoms with Crippen LogP contribution in [0.3, 0.4) is 0 Å². The van der Waals surface area contributed by atoms with Crippen LogP contribution in [0.15, 0.2) is 47.6 Å². The minimum absolute atomic E-state index is 0.0524. The summed E-state index contributed by atoms with van der Waals surface area (Å²) in [6, 6.07) is 9.10. The van der Waals surface area contributed by atoms with Crippen molar-refractivity contribution in [2.45, 2.75) is 6.92 Å². The van der Waals surface area contributed by atoms with Crippen LogP contribution in [0, 0.1) is 0 Å². The molecule has 0 radical (unpaired) electrons. The van der Waals surface area contributed by atoms with Crippen LogP contribution in [0.25, 0.3) is 6.08 Å². The Morgan fingerprint density at radius 1 is 1.37 bits per heavy atom. The first kappa shape index (κ1) is 15.0. The summed E-state index contributed by atoms with van der Waals surface area (Å²) >= 11 is 5.51. The summed E-state index contributed by atoms with van der Waals surface area (Å²) in [5, 5.41) is 2.63. The van der Waals surface area contributed by atoms with Crippen molar-refractivity contribution in [3.05, 3.63) is 53.2 Å². The maximum atomic E-state index is 11.8. The highest BCUT2D eigenvalue weighted by Crippen LogP contribution is 2.07. The molecule has 0 aliphatic rings. The molecule has 1 aromatic carbocycles. The monoisotopic (exact) mass is 279 g/mol. The average molecular weight is 280 g/mol. The van der Waals surface area contributed by atoms with Gasteiger partial charge in [0.25, 0.3) is 0 Å². The zero-order valence-corrected chi connectivity index (χ0v) is 11.2. The quantitative estimate of drug-likeness (QED) is 0.665. The summed E-state index contributed by atoms with van der Waals surface area (Å²) in [4.78, 5) is 22.9. The van der Waals surface area contributed by atoms with Crippen LogP contribution in [0.4, 0.5) is 0 Å². The molecule has 0 spiro atoms. The van der Waals surface area contributed by atoms with Crippen LogP contribution in [0.1, 0.15) is 12.5 Å². The van der Waals surface area contributed by atoms with E-state index in [-0.39, 0.29) is 23.2 Å². The molecule has 0 unspecified atom stereocenters. The fourth-order valence-electron chi connectivity index (χ4n) is 1.27. The number of rotatable bonds is 5.